The molecule has 0 aliphatic carbocycles. The van der Waals surface area contributed by atoms with Crippen LogP contribution in [0.3, 0.4) is 0 Å². The minimum absolute atomic E-state index is 0.0139. The first-order valence-corrected chi connectivity index (χ1v) is 6.06. The number of aromatic nitrogens is 1. The molecular formula is C13H14ClNO3. The summed E-state index contributed by atoms with van der Waals surface area (Å²) in [5.74, 6) is 0.478. The zero-order valence-electron chi connectivity index (χ0n) is 9.80. The van der Waals surface area contributed by atoms with Crippen LogP contribution in [0.15, 0.2) is 30.3 Å². The predicted molar refractivity (Wildman–Crippen MR) is 70.2 cm³/mol. The zero-order valence-corrected chi connectivity index (χ0v) is 10.6. The second-order valence-corrected chi connectivity index (χ2v) is 4.05. The number of aliphatic hydroxyl groups excluding tert-OH is 1. The maximum atomic E-state index is 8.54. The lowest BCUT2D eigenvalue weighted by molar-refractivity contribution is 0.0696. The quantitative estimate of drug-likeness (QED) is 0.816. The lowest BCUT2D eigenvalue weighted by Crippen LogP contribution is -2.09. The molecule has 1 heterocycles. The number of benzene rings is 1. The fourth-order valence-electron chi connectivity index (χ4n) is 1.56. The highest BCUT2D eigenvalue weighted by atomic mass is 35.5. The molecule has 0 saturated heterocycles. The average Bonchev–Trinajstić information content (AvgIpc) is 2.39. The summed E-state index contributed by atoms with van der Waals surface area (Å²) >= 11 is 6.14. The van der Waals surface area contributed by atoms with E-state index < -0.39 is 0 Å². The fraction of sp³-hybridized carbons (Fsp3) is 0.308. The summed E-state index contributed by atoms with van der Waals surface area (Å²) in [5.41, 5.74) is 0.802. The normalized spacial score (nSPS) is 10.8. The Balaban J connectivity index is 2.01. The van der Waals surface area contributed by atoms with Gasteiger partial charge in [-0.1, -0.05) is 29.8 Å². The fourth-order valence-corrected chi connectivity index (χ4v) is 1.81. The molecule has 0 atom stereocenters. The number of halogens is 1. The summed E-state index contributed by atoms with van der Waals surface area (Å²) in [6, 6.07) is 9.31. The van der Waals surface area contributed by atoms with E-state index in [1.54, 1.807) is 6.07 Å². The van der Waals surface area contributed by atoms with Crippen LogP contribution in [0.4, 0.5) is 0 Å². The van der Waals surface area contributed by atoms with Gasteiger partial charge in [-0.3, -0.25) is 0 Å². The van der Waals surface area contributed by atoms with Crippen molar-refractivity contribution in [2.45, 2.75) is 0 Å². The second kappa shape index (κ2) is 6.54. The Hall–Kier alpha value is -1.36. The van der Waals surface area contributed by atoms with E-state index in [0.29, 0.717) is 30.7 Å². The number of hydrogen-bond acceptors (Lipinski definition) is 4. The highest BCUT2D eigenvalue weighted by Crippen LogP contribution is 2.25. The van der Waals surface area contributed by atoms with Crippen LogP contribution in [0, 0.1) is 0 Å². The minimum Gasteiger partial charge on any atom is -0.475 e. The Kier molecular flexibility index (Phi) is 4.75. The van der Waals surface area contributed by atoms with Gasteiger partial charge in [0.2, 0.25) is 5.88 Å². The Morgan fingerprint density at radius 2 is 2.00 bits per heavy atom. The van der Waals surface area contributed by atoms with Gasteiger partial charge in [-0.05, 0) is 6.07 Å². The Bertz CT molecular complexity index is 519. The number of nitrogens with zero attached hydrogens (tertiary/aromatic N) is 1. The zero-order chi connectivity index (χ0) is 12.8. The number of hydrogen-bond donors (Lipinski definition) is 1. The van der Waals surface area contributed by atoms with Gasteiger partial charge in [-0.2, -0.15) is 0 Å². The van der Waals surface area contributed by atoms with E-state index in [1.807, 2.05) is 24.3 Å². The molecule has 1 N–H and O–H groups in total. The molecule has 0 unspecified atom stereocenters. The van der Waals surface area contributed by atoms with Crippen LogP contribution >= 0.6 is 11.6 Å². The number of fused-ring (bicyclic) bond motifs is 1. The molecule has 4 nitrogen and oxygen atoms in total. The van der Waals surface area contributed by atoms with Crippen molar-refractivity contribution in [3.05, 3.63) is 35.4 Å². The van der Waals surface area contributed by atoms with Gasteiger partial charge in [-0.25, -0.2) is 4.98 Å². The third-order valence-electron chi connectivity index (χ3n) is 2.36. The molecule has 96 valence electrons. The molecule has 2 rings (SSSR count). The van der Waals surface area contributed by atoms with Gasteiger partial charge in [0.1, 0.15) is 6.61 Å². The molecule has 0 bridgehead atoms. The van der Waals surface area contributed by atoms with Crippen molar-refractivity contribution in [1.29, 1.82) is 0 Å². The summed E-state index contributed by atoms with van der Waals surface area (Å²) in [4.78, 5) is 4.34. The Morgan fingerprint density at radius 3 is 2.83 bits per heavy atom. The average molecular weight is 268 g/mol. The molecule has 0 radical (unpaired) electrons. The minimum atomic E-state index is 0.0139. The molecule has 0 aliphatic rings. The van der Waals surface area contributed by atoms with Crippen LogP contribution in [0.25, 0.3) is 10.9 Å². The van der Waals surface area contributed by atoms with Crippen LogP contribution in [-0.2, 0) is 4.74 Å². The first-order chi connectivity index (χ1) is 8.81. The topological polar surface area (TPSA) is 51.6 Å². The molecule has 0 spiro atoms. The summed E-state index contributed by atoms with van der Waals surface area (Å²) in [7, 11) is 0. The van der Waals surface area contributed by atoms with Gasteiger partial charge in [-0.15, -0.1) is 0 Å². The van der Waals surface area contributed by atoms with E-state index in [0.717, 1.165) is 10.9 Å². The number of aliphatic hydroxyl groups is 1. The summed E-state index contributed by atoms with van der Waals surface area (Å²) in [6.07, 6.45) is 0. The third kappa shape index (κ3) is 3.32. The van der Waals surface area contributed by atoms with Crippen LogP contribution in [0.1, 0.15) is 0 Å². The molecule has 1 aromatic carbocycles. The number of rotatable bonds is 6. The van der Waals surface area contributed by atoms with Crippen molar-refractivity contribution < 1.29 is 14.6 Å². The number of ether oxygens (including phenoxy) is 2. The monoisotopic (exact) mass is 267 g/mol. The van der Waals surface area contributed by atoms with E-state index in [-0.39, 0.29) is 6.61 Å². The molecule has 1 aromatic heterocycles. The highest BCUT2D eigenvalue weighted by Gasteiger charge is 2.04. The smallest absolute Gasteiger partial charge is 0.215 e. The van der Waals surface area contributed by atoms with Crippen molar-refractivity contribution >= 4 is 22.5 Å². The lowest BCUT2D eigenvalue weighted by atomic mass is 10.2. The Labute approximate surface area is 110 Å². The van der Waals surface area contributed by atoms with Gasteiger partial charge >= 0.3 is 0 Å². The molecule has 0 saturated carbocycles. The van der Waals surface area contributed by atoms with Gasteiger partial charge in [0.15, 0.2) is 0 Å². The van der Waals surface area contributed by atoms with Crippen molar-refractivity contribution in [3.63, 3.8) is 0 Å². The third-order valence-corrected chi connectivity index (χ3v) is 2.67. The largest absolute Gasteiger partial charge is 0.475 e. The molecule has 0 fully saturated rings. The molecule has 18 heavy (non-hydrogen) atoms. The van der Waals surface area contributed by atoms with Crippen molar-refractivity contribution in [3.8, 4) is 5.88 Å². The summed E-state index contributed by atoms with van der Waals surface area (Å²) < 4.78 is 10.5. The summed E-state index contributed by atoms with van der Waals surface area (Å²) in [5, 5.41) is 10.1. The van der Waals surface area contributed by atoms with Gasteiger partial charge in [0.25, 0.3) is 0 Å². The van der Waals surface area contributed by atoms with E-state index in [1.165, 1.54) is 0 Å². The van der Waals surface area contributed by atoms with E-state index in [2.05, 4.69) is 4.98 Å². The van der Waals surface area contributed by atoms with Gasteiger partial charge in [0.05, 0.1) is 30.4 Å². The van der Waals surface area contributed by atoms with Crippen molar-refractivity contribution in [2.24, 2.45) is 0 Å². The van der Waals surface area contributed by atoms with Gasteiger partial charge in [0, 0.05) is 11.5 Å². The number of pyridine rings is 1. The standard InChI is InChI=1S/C13H14ClNO3/c14-11-9-13(18-8-7-17-6-5-16)15-12-4-2-1-3-10(11)12/h1-4,9,16H,5-8H2. The van der Waals surface area contributed by atoms with E-state index >= 15 is 0 Å². The van der Waals surface area contributed by atoms with Crippen LogP contribution in [-0.4, -0.2) is 36.5 Å². The molecule has 5 heteroatoms. The molecule has 0 aliphatic heterocycles. The Morgan fingerprint density at radius 1 is 1.17 bits per heavy atom. The maximum Gasteiger partial charge on any atom is 0.215 e. The lowest BCUT2D eigenvalue weighted by Gasteiger charge is -2.07. The SMILES string of the molecule is OCCOCCOc1cc(Cl)c2ccccc2n1. The van der Waals surface area contributed by atoms with E-state index in [9.17, 15) is 0 Å². The highest BCUT2D eigenvalue weighted by molar-refractivity contribution is 6.35. The van der Waals surface area contributed by atoms with Gasteiger partial charge < -0.3 is 14.6 Å². The number of para-hydroxylation sites is 1. The van der Waals surface area contributed by atoms with Crippen molar-refractivity contribution in [2.75, 3.05) is 26.4 Å². The van der Waals surface area contributed by atoms with Crippen molar-refractivity contribution in [1.82, 2.24) is 4.98 Å². The first-order valence-electron chi connectivity index (χ1n) is 5.68. The molecule has 0 amide bonds. The molecule has 2 aromatic rings. The second-order valence-electron chi connectivity index (χ2n) is 3.64. The van der Waals surface area contributed by atoms with Crippen LogP contribution < -0.4 is 4.74 Å². The predicted octanol–water partition coefficient (Wildman–Crippen LogP) is 2.28. The first kappa shape index (κ1) is 13.1. The van der Waals surface area contributed by atoms with E-state index in [4.69, 9.17) is 26.2 Å². The van der Waals surface area contributed by atoms with Crippen LogP contribution in [0.2, 0.25) is 5.02 Å². The maximum absolute atomic E-state index is 8.54. The summed E-state index contributed by atoms with van der Waals surface area (Å²) in [6.45, 7) is 1.11. The molecular weight excluding hydrogens is 254 g/mol. The van der Waals surface area contributed by atoms with Crippen LogP contribution in [0.5, 0.6) is 5.88 Å².